The number of fused-ring (bicyclic) bond motifs is 9. The van der Waals surface area contributed by atoms with Crippen LogP contribution in [0.5, 0.6) is 0 Å². The molecule has 4 fully saturated rings. The molecule has 4 saturated carbocycles. The second-order valence-electron chi connectivity index (χ2n) is 6.49. The second kappa shape index (κ2) is 2.37. The maximum atomic E-state index is 9.98. The van der Waals surface area contributed by atoms with Gasteiger partial charge in [-0.05, 0) is 67.1 Å². The molecule has 0 heterocycles. The van der Waals surface area contributed by atoms with Gasteiger partial charge in [0, 0.05) is 0 Å². The topological polar surface area (TPSA) is 20.2 Å². The van der Waals surface area contributed by atoms with E-state index in [0.29, 0.717) is 5.92 Å². The summed E-state index contributed by atoms with van der Waals surface area (Å²) in [5, 5.41) is 9.98. The van der Waals surface area contributed by atoms with Crippen LogP contribution in [0.15, 0.2) is 0 Å². The van der Waals surface area contributed by atoms with Gasteiger partial charge in [-0.25, -0.2) is 0 Å². The Labute approximate surface area is 85.9 Å². The third-order valence-electron chi connectivity index (χ3n) is 6.12. The first-order chi connectivity index (χ1) is 6.75. The molecule has 78 valence electrons. The normalized spacial score (nSPS) is 69.0. The van der Waals surface area contributed by atoms with Gasteiger partial charge in [0.25, 0.3) is 0 Å². The SMILES string of the molecule is CC1CC2CC1C1C3CC(CC3O)C21. The van der Waals surface area contributed by atoms with Gasteiger partial charge < -0.3 is 5.11 Å². The summed E-state index contributed by atoms with van der Waals surface area (Å²) in [7, 11) is 0. The second-order valence-corrected chi connectivity index (χ2v) is 6.49. The number of hydrogen-bond acceptors (Lipinski definition) is 1. The fourth-order valence-electron chi connectivity index (χ4n) is 5.90. The molecule has 0 saturated heterocycles. The summed E-state index contributed by atoms with van der Waals surface area (Å²) in [5.74, 6) is 6.64. The van der Waals surface area contributed by atoms with Crippen molar-refractivity contribution in [3.63, 3.8) is 0 Å². The summed E-state index contributed by atoms with van der Waals surface area (Å²) in [5.41, 5.74) is 0. The predicted molar refractivity (Wildman–Crippen MR) is 54.6 cm³/mol. The van der Waals surface area contributed by atoms with E-state index in [2.05, 4.69) is 6.92 Å². The molecule has 4 aliphatic rings. The van der Waals surface area contributed by atoms with E-state index in [1.54, 1.807) is 0 Å². The molecule has 0 amide bonds. The molecule has 4 aliphatic carbocycles. The first-order valence-corrected chi connectivity index (χ1v) is 6.43. The van der Waals surface area contributed by atoms with Crippen LogP contribution < -0.4 is 0 Å². The first-order valence-electron chi connectivity index (χ1n) is 6.43. The van der Waals surface area contributed by atoms with E-state index in [-0.39, 0.29) is 6.10 Å². The Balaban J connectivity index is 1.73. The van der Waals surface area contributed by atoms with Gasteiger partial charge in [-0.1, -0.05) is 6.92 Å². The monoisotopic (exact) mass is 192 g/mol. The zero-order chi connectivity index (χ0) is 9.45. The van der Waals surface area contributed by atoms with Crippen LogP contribution in [0.4, 0.5) is 0 Å². The van der Waals surface area contributed by atoms with Gasteiger partial charge in [-0.3, -0.25) is 0 Å². The van der Waals surface area contributed by atoms with E-state index in [9.17, 15) is 5.11 Å². The quantitative estimate of drug-likeness (QED) is 0.584. The van der Waals surface area contributed by atoms with Gasteiger partial charge in [-0.15, -0.1) is 0 Å². The van der Waals surface area contributed by atoms with Crippen molar-refractivity contribution in [2.75, 3.05) is 0 Å². The maximum absolute atomic E-state index is 9.98. The highest BCUT2D eigenvalue weighted by Gasteiger charge is 2.63. The molecule has 0 aromatic rings. The Morgan fingerprint density at radius 1 is 0.857 bits per heavy atom. The van der Waals surface area contributed by atoms with E-state index in [1.807, 2.05) is 0 Å². The summed E-state index contributed by atoms with van der Waals surface area (Å²) in [6.07, 6.45) is 5.61. The standard InChI is InChI=1S/C13H20O/c1-6-2-7-3-9(6)13-10-4-8(12(7)13)5-11(10)14/h6-14H,2-5H2,1H3. The average molecular weight is 192 g/mol. The van der Waals surface area contributed by atoms with E-state index < -0.39 is 0 Å². The molecular weight excluding hydrogens is 172 g/mol. The van der Waals surface area contributed by atoms with Crippen LogP contribution in [0.2, 0.25) is 0 Å². The van der Waals surface area contributed by atoms with Crippen molar-refractivity contribution in [3.8, 4) is 0 Å². The molecule has 1 nitrogen and oxygen atoms in total. The molecule has 1 N–H and O–H groups in total. The van der Waals surface area contributed by atoms with E-state index >= 15 is 0 Å². The molecule has 0 aromatic carbocycles. The van der Waals surface area contributed by atoms with Crippen molar-refractivity contribution in [1.29, 1.82) is 0 Å². The third-order valence-corrected chi connectivity index (χ3v) is 6.12. The Kier molecular flexibility index (Phi) is 1.38. The number of aliphatic hydroxyl groups is 1. The van der Waals surface area contributed by atoms with Crippen molar-refractivity contribution in [2.45, 2.75) is 38.7 Å². The smallest absolute Gasteiger partial charge is 0.0574 e. The highest BCUT2D eigenvalue weighted by Crippen LogP contribution is 2.68. The predicted octanol–water partition coefficient (Wildman–Crippen LogP) is 2.30. The van der Waals surface area contributed by atoms with Crippen molar-refractivity contribution < 1.29 is 5.11 Å². The van der Waals surface area contributed by atoms with E-state index in [4.69, 9.17) is 0 Å². The van der Waals surface area contributed by atoms with Gasteiger partial charge >= 0.3 is 0 Å². The Morgan fingerprint density at radius 3 is 2.43 bits per heavy atom. The number of aliphatic hydroxyl groups excluding tert-OH is 1. The van der Waals surface area contributed by atoms with Gasteiger partial charge in [-0.2, -0.15) is 0 Å². The molecule has 4 bridgehead atoms. The lowest BCUT2D eigenvalue weighted by molar-refractivity contribution is 0.0163. The summed E-state index contributed by atoms with van der Waals surface area (Å²) in [6, 6.07) is 0. The highest BCUT2D eigenvalue weighted by atomic mass is 16.3. The summed E-state index contributed by atoms with van der Waals surface area (Å²) >= 11 is 0. The molecule has 0 aromatic heterocycles. The van der Waals surface area contributed by atoms with Crippen LogP contribution >= 0.6 is 0 Å². The van der Waals surface area contributed by atoms with Gasteiger partial charge in [0.15, 0.2) is 0 Å². The van der Waals surface area contributed by atoms with Crippen molar-refractivity contribution >= 4 is 0 Å². The number of rotatable bonds is 0. The first kappa shape index (κ1) is 8.15. The van der Waals surface area contributed by atoms with Crippen molar-refractivity contribution in [3.05, 3.63) is 0 Å². The minimum absolute atomic E-state index is 0.0767. The number of hydrogen-bond donors (Lipinski definition) is 1. The lowest BCUT2D eigenvalue weighted by Crippen LogP contribution is -2.37. The molecule has 8 unspecified atom stereocenters. The zero-order valence-corrected chi connectivity index (χ0v) is 8.89. The van der Waals surface area contributed by atoms with Crippen LogP contribution in [-0.2, 0) is 0 Å². The molecule has 0 radical (unpaired) electrons. The van der Waals surface area contributed by atoms with Crippen molar-refractivity contribution in [1.82, 2.24) is 0 Å². The molecule has 0 spiro atoms. The minimum Gasteiger partial charge on any atom is -0.393 e. The molecule has 4 rings (SSSR count). The van der Waals surface area contributed by atoms with Crippen molar-refractivity contribution in [2.24, 2.45) is 41.4 Å². The molecule has 14 heavy (non-hydrogen) atoms. The third kappa shape index (κ3) is 0.743. The van der Waals surface area contributed by atoms with Crippen LogP contribution in [0.25, 0.3) is 0 Å². The minimum atomic E-state index is 0.0767. The van der Waals surface area contributed by atoms with Crippen LogP contribution in [0.3, 0.4) is 0 Å². The molecule has 1 heteroatoms. The van der Waals surface area contributed by atoms with Crippen LogP contribution in [0, 0.1) is 41.4 Å². The average Bonchev–Trinajstić information content (AvgIpc) is 2.77. The maximum Gasteiger partial charge on any atom is 0.0574 e. The Morgan fingerprint density at radius 2 is 1.57 bits per heavy atom. The van der Waals surface area contributed by atoms with Gasteiger partial charge in [0.1, 0.15) is 0 Å². The highest BCUT2D eigenvalue weighted by molar-refractivity contribution is 5.12. The summed E-state index contributed by atoms with van der Waals surface area (Å²) in [4.78, 5) is 0. The van der Waals surface area contributed by atoms with Gasteiger partial charge in [0.05, 0.1) is 6.10 Å². The van der Waals surface area contributed by atoms with Gasteiger partial charge in [0.2, 0.25) is 0 Å². The fourth-order valence-corrected chi connectivity index (χ4v) is 5.90. The van der Waals surface area contributed by atoms with Crippen LogP contribution in [-0.4, -0.2) is 11.2 Å². The molecule has 8 atom stereocenters. The molecular formula is C13H20O. The zero-order valence-electron chi connectivity index (χ0n) is 8.89. The Bertz CT molecular complexity index is 248. The van der Waals surface area contributed by atoms with Crippen LogP contribution in [0.1, 0.15) is 32.6 Å². The fraction of sp³-hybridized carbons (Fsp3) is 1.00. The van der Waals surface area contributed by atoms with E-state index in [0.717, 1.165) is 41.9 Å². The lowest BCUT2D eigenvalue weighted by Gasteiger charge is -2.39. The summed E-state index contributed by atoms with van der Waals surface area (Å²) in [6.45, 7) is 2.44. The lowest BCUT2D eigenvalue weighted by atomic mass is 9.67. The Hall–Kier alpha value is -0.0400. The summed E-state index contributed by atoms with van der Waals surface area (Å²) < 4.78 is 0. The molecule has 0 aliphatic heterocycles. The van der Waals surface area contributed by atoms with E-state index in [1.165, 1.54) is 19.3 Å². The largest absolute Gasteiger partial charge is 0.393 e.